The van der Waals surface area contributed by atoms with Crippen LogP contribution in [0.1, 0.15) is 22.8 Å². The van der Waals surface area contributed by atoms with Gasteiger partial charge < -0.3 is 4.74 Å². The molecule has 0 atom stereocenters. The quantitative estimate of drug-likeness (QED) is 0.740. The Morgan fingerprint density at radius 2 is 2.05 bits per heavy atom. The lowest BCUT2D eigenvalue weighted by atomic mass is 10.1. The van der Waals surface area contributed by atoms with Crippen molar-refractivity contribution in [3.63, 3.8) is 0 Å². The fourth-order valence-electron chi connectivity index (χ4n) is 1.62. The van der Waals surface area contributed by atoms with Gasteiger partial charge in [-0.25, -0.2) is 0 Å². The van der Waals surface area contributed by atoms with Gasteiger partial charge in [0.1, 0.15) is 5.75 Å². The van der Waals surface area contributed by atoms with Gasteiger partial charge >= 0.3 is 0 Å². The van der Waals surface area contributed by atoms with Gasteiger partial charge in [0.2, 0.25) is 0 Å². The zero-order valence-corrected chi connectivity index (χ0v) is 13.4. The van der Waals surface area contributed by atoms with E-state index in [4.69, 9.17) is 4.74 Å². The molecule has 98 valence electrons. The highest BCUT2D eigenvalue weighted by Crippen LogP contribution is 2.25. The topological polar surface area (TPSA) is 39.2 Å². The van der Waals surface area contributed by atoms with Gasteiger partial charge in [-0.15, -0.1) is 0 Å². The smallest absolute Gasteiger partial charge is 0.195 e. The number of hydrogen-bond acceptors (Lipinski definition) is 3. The average Bonchev–Trinajstić information content (AvgIpc) is 2.39. The molecular formula is C14H11Br2NO2. The number of benzene rings is 1. The zero-order valence-electron chi connectivity index (χ0n) is 10.2. The molecule has 0 bridgehead atoms. The third kappa shape index (κ3) is 3.42. The van der Waals surface area contributed by atoms with Crippen molar-refractivity contribution in [1.82, 2.24) is 4.98 Å². The summed E-state index contributed by atoms with van der Waals surface area (Å²) in [4.78, 5) is 16.4. The van der Waals surface area contributed by atoms with Crippen LogP contribution in [-0.2, 0) is 0 Å². The first-order valence-electron chi connectivity index (χ1n) is 5.69. The Morgan fingerprint density at radius 1 is 1.26 bits per heavy atom. The number of carbonyl (C=O) groups excluding carboxylic acids is 1. The minimum Gasteiger partial charge on any atom is -0.492 e. The molecule has 0 radical (unpaired) electrons. The molecule has 2 aromatic rings. The fourth-order valence-corrected chi connectivity index (χ4v) is 2.84. The summed E-state index contributed by atoms with van der Waals surface area (Å²) in [6.45, 7) is 2.43. The van der Waals surface area contributed by atoms with Crippen molar-refractivity contribution in [2.45, 2.75) is 6.92 Å². The predicted molar refractivity (Wildman–Crippen MR) is 80.7 cm³/mol. The van der Waals surface area contributed by atoms with Crippen LogP contribution in [-0.4, -0.2) is 17.4 Å². The van der Waals surface area contributed by atoms with E-state index < -0.39 is 0 Å². The van der Waals surface area contributed by atoms with Gasteiger partial charge in [0.25, 0.3) is 0 Å². The van der Waals surface area contributed by atoms with E-state index in [-0.39, 0.29) is 5.78 Å². The van der Waals surface area contributed by atoms with E-state index in [1.807, 2.05) is 19.1 Å². The van der Waals surface area contributed by atoms with Crippen LogP contribution in [0.3, 0.4) is 0 Å². The van der Waals surface area contributed by atoms with Crippen LogP contribution >= 0.6 is 31.9 Å². The molecule has 0 fully saturated rings. The van der Waals surface area contributed by atoms with Gasteiger partial charge in [-0.05, 0) is 47.1 Å². The molecule has 0 aliphatic rings. The summed E-state index contributed by atoms with van der Waals surface area (Å²) in [7, 11) is 0. The van der Waals surface area contributed by atoms with Crippen molar-refractivity contribution in [3.05, 3.63) is 56.7 Å². The Hall–Kier alpha value is -1.20. The lowest BCUT2D eigenvalue weighted by Gasteiger charge is -2.06. The number of halogens is 2. The fraction of sp³-hybridized carbons (Fsp3) is 0.143. The number of hydrogen-bond donors (Lipinski definition) is 0. The first-order chi connectivity index (χ1) is 9.11. The SMILES string of the molecule is CCOc1cncc(C(=O)c2ccc(Br)cc2Br)c1. The van der Waals surface area contributed by atoms with E-state index in [9.17, 15) is 4.79 Å². The highest BCUT2D eigenvalue weighted by molar-refractivity contribution is 9.11. The van der Waals surface area contributed by atoms with Crippen molar-refractivity contribution < 1.29 is 9.53 Å². The highest BCUT2D eigenvalue weighted by atomic mass is 79.9. The van der Waals surface area contributed by atoms with Crippen LogP contribution in [0.2, 0.25) is 0 Å². The van der Waals surface area contributed by atoms with Crippen LogP contribution < -0.4 is 4.74 Å². The summed E-state index contributed by atoms with van der Waals surface area (Å²) >= 11 is 6.75. The highest BCUT2D eigenvalue weighted by Gasteiger charge is 2.14. The standard InChI is InChI=1S/C14H11Br2NO2/c1-2-19-11-5-9(7-17-8-11)14(18)12-4-3-10(15)6-13(12)16/h3-8H,2H2,1H3. The third-order valence-corrected chi connectivity index (χ3v) is 3.61. The zero-order chi connectivity index (χ0) is 13.8. The average molecular weight is 385 g/mol. The molecule has 0 amide bonds. The second-order valence-electron chi connectivity index (χ2n) is 3.80. The van der Waals surface area contributed by atoms with E-state index in [1.54, 1.807) is 24.5 Å². The van der Waals surface area contributed by atoms with E-state index in [1.165, 1.54) is 0 Å². The number of rotatable bonds is 4. The van der Waals surface area contributed by atoms with Crippen LogP contribution in [0, 0.1) is 0 Å². The minimum absolute atomic E-state index is 0.0894. The second-order valence-corrected chi connectivity index (χ2v) is 5.57. The number of carbonyl (C=O) groups is 1. The van der Waals surface area contributed by atoms with Crippen LogP contribution in [0.4, 0.5) is 0 Å². The van der Waals surface area contributed by atoms with Crippen molar-refractivity contribution in [2.24, 2.45) is 0 Å². The molecule has 0 aliphatic heterocycles. The van der Waals surface area contributed by atoms with Gasteiger partial charge in [-0.2, -0.15) is 0 Å². The van der Waals surface area contributed by atoms with Crippen LogP contribution in [0.25, 0.3) is 0 Å². The summed E-state index contributed by atoms with van der Waals surface area (Å²) in [6, 6.07) is 7.14. The molecule has 1 aromatic heterocycles. The molecule has 0 N–H and O–H groups in total. The Balaban J connectivity index is 2.35. The molecule has 0 spiro atoms. The monoisotopic (exact) mass is 383 g/mol. The molecule has 5 heteroatoms. The van der Waals surface area contributed by atoms with Crippen LogP contribution in [0.5, 0.6) is 5.75 Å². The predicted octanol–water partition coefficient (Wildman–Crippen LogP) is 4.24. The molecule has 0 unspecified atom stereocenters. The third-order valence-electron chi connectivity index (χ3n) is 2.46. The van der Waals surface area contributed by atoms with E-state index >= 15 is 0 Å². The van der Waals surface area contributed by atoms with Crippen molar-refractivity contribution in [1.29, 1.82) is 0 Å². The van der Waals surface area contributed by atoms with Crippen LogP contribution in [0.15, 0.2) is 45.6 Å². The number of ketones is 1. The maximum Gasteiger partial charge on any atom is 0.195 e. The minimum atomic E-state index is -0.0894. The van der Waals surface area contributed by atoms with Gasteiger partial charge in [-0.1, -0.05) is 15.9 Å². The molecule has 19 heavy (non-hydrogen) atoms. The van der Waals surface area contributed by atoms with E-state index in [0.29, 0.717) is 23.5 Å². The Bertz CT molecular complexity index is 614. The maximum atomic E-state index is 12.4. The summed E-state index contributed by atoms with van der Waals surface area (Å²) < 4.78 is 7.01. The number of nitrogens with zero attached hydrogens (tertiary/aromatic N) is 1. The molecule has 2 rings (SSSR count). The summed E-state index contributed by atoms with van der Waals surface area (Å²) in [5, 5.41) is 0. The largest absolute Gasteiger partial charge is 0.492 e. The molecule has 0 saturated carbocycles. The lowest BCUT2D eigenvalue weighted by Crippen LogP contribution is -2.04. The molecule has 3 nitrogen and oxygen atoms in total. The van der Waals surface area contributed by atoms with Crippen molar-refractivity contribution in [3.8, 4) is 5.75 Å². The number of pyridine rings is 1. The van der Waals surface area contributed by atoms with Crippen molar-refractivity contribution >= 4 is 37.6 Å². The van der Waals surface area contributed by atoms with Gasteiger partial charge in [-0.3, -0.25) is 9.78 Å². The summed E-state index contributed by atoms with van der Waals surface area (Å²) in [6.07, 6.45) is 3.14. The van der Waals surface area contributed by atoms with Gasteiger partial charge in [0.05, 0.1) is 12.8 Å². The van der Waals surface area contributed by atoms with Gasteiger partial charge in [0, 0.05) is 26.3 Å². The first kappa shape index (κ1) is 14.2. The van der Waals surface area contributed by atoms with Crippen molar-refractivity contribution in [2.75, 3.05) is 6.61 Å². The Morgan fingerprint density at radius 3 is 2.74 bits per heavy atom. The van der Waals surface area contributed by atoms with Gasteiger partial charge in [0.15, 0.2) is 5.78 Å². The molecular weight excluding hydrogens is 374 g/mol. The number of ether oxygens (including phenoxy) is 1. The lowest BCUT2D eigenvalue weighted by molar-refractivity contribution is 0.103. The number of aromatic nitrogens is 1. The Labute approximate surface area is 128 Å². The molecule has 1 heterocycles. The van der Waals surface area contributed by atoms with E-state index in [2.05, 4.69) is 36.8 Å². The first-order valence-corrected chi connectivity index (χ1v) is 7.28. The summed E-state index contributed by atoms with van der Waals surface area (Å²) in [5.74, 6) is 0.509. The summed E-state index contributed by atoms with van der Waals surface area (Å²) in [5.41, 5.74) is 1.10. The second kappa shape index (κ2) is 6.30. The maximum absolute atomic E-state index is 12.4. The molecule has 0 aliphatic carbocycles. The van der Waals surface area contributed by atoms with E-state index in [0.717, 1.165) is 8.95 Å². The normalized spacial score (nSPS) is 10.3. The molecule has 1 aromatic carbocycles. The molecule has 0 saturated heterocycles. The Kier molecular flexibility index (Phi) is 4.71.